The van der Waals surface area contributed by atoms with Crippen molar-refractivity contribution in [2.45, 2.75) is 12.6 Å². The Morgan fingerprint density at radius 2 is 1.82 bits per heavy atom. The number of rotatable bonds is 1. The van der Waals surface area contributed by atoms with E-state index in [1.165, 1.54) is 0 Å². The molecule has 0 aromatic rings. The van der Waals surface area contributed by atoms with Crippen molar-refractivity contribution in [3.05, 3.63) is 0 Å². The molecular weight excluding hydrogens is 150 g/mol. The van der Waals surface area contributed by atoms with E-state index < -0.39 is 23.9 Å². The molecule has 0 aromatic carbocycles. The third kappa shape index (κ3) is 1.66. The lowest BCUT2D eigenvalue weighted by atomic mass is 10.3. The highest BCUT2D eigenvalue weighted by atomic mass is 16.2. The summed E-state index contributed by atoms with van der Waals surface area (Å²) >= 11 is 0. The highest BCUT2D eigenvalue weighted by Gasteiger charge is 2.26. The molecule has 60 valence electrons. The molecular formula is C5H7N3O3. The molecule has 6 nitrogen and oxygen atoms in total. The maximum Gasteiger partial charge on any atom is 0.260 e. The molecule has 4 N–H and O–H groups in total. The SMILES string of the molecule is NC(=O)C1NC(=O)CC(=O)N1. The van der Waals surface area contributed by atoms with Crippen molar-refractivity contribution in [3.8, 4) is 0 Å². The molecule has 0 radical (unpaired) electrons. The van der Waals surface area contributed by atoms with Crippen molar-refractivity contribution < 1.29 is 14.4 Å². The molecule has 1 aliphatic heterocycles. The second kappa shape index (κ2) is 2.57. The van der Waals surface area contributed by atoms with E-state index in [2.05, 4.69) is 10.6 Å². The molecule has 1 aliphatic rings. The predicted octanol–water partition coefficient (Wildman–Crippen LogP) is -2.57. The predicted molar refractivity (Wildman–Crippen MR) is 33.9 cm³/mol. The molecule has 0 unspecified atom stereocenters. The molecule has 0 saturated carbocycles. The van der Waals surface area contributed by atoms with Crippen LogP contribution in [0.15, 0.2) is 0 Å². The van der Waals surface area contributed by atoms with E-state index in [4.69, 9.17) is 5.73 Å². The second-order valence-corrected chi connectivity index (χ2v) is 2.15. The van der Waals surface area contributed by atoms with Crippen molar-refractivity contribution in [1.29, 1.82) is 0 Å². The first-order valence-electron chi connectivity index (χ1n) is 2.97. The lowest BCUT2D eigenvalue weighted by Gasteiger charge is -2.21. The van der Waals surface area contributed by atoms with Gasteiger partial charge in [-0.25, -0.2) is 0 Å². The van der Waals surface area contributed by atoms with Gasteiger partial charge in [0, 0.05) is 0 Å². The zero-order chi connectivity index (χ0) is 8.43. The summed E-state index contributed by atoms with van der Waals surface area (Å²) in [7, 11) is 0. The highest BCUT2D eigenvalue weighted by molar-refractivity contribution is 6.03. The minimum absolute atomic E-state index is 0.246. The van der Waals surface area contributed by atoms with E-state index in [1.807, 2.05) is 0 Å². The standard InChI is InChI=1S/C5H7N3O3/c6-4(11)5-7-2(9)1-3(10)8-5/h5H,1H2,(H2,6,11)(H,7,9)(H,8,10). The fraction of sp³-hybridized carbons (Fsp3) is 0.400. The van der Waals surface area contributed by atoms with Crippen LogP contribution in [0.2, 0.25) is 0 Å². The zero-order valence-electron chi connectivity index (χ0n) is 5.59. The summed E-state index contributed by atoms with van der Waals surface area (Å²) in [5.41, 5.74) is 4.82. The van der Waals surface area contributed by atoms with Gasteiger partial charge in [-0.3, -0.25) is 14.4 Å². The van der Waals surface area contributed by atoms with E-state index in [1.54, 1.807) is 0 Å². The first-order chi connectivity index (χ1) is 5.09. The summed E-state index contributed by atoms with van der Waals surface area (Å²) in [6.07, 6.45) is -1.30. The first-order valence-corrected chi connectivity index (χ1v) is 2.97. The quantitative estimate of drug-likeness (QED) is 0.365. The normalized spacial score (nSPS) is 18.9. The Balaban J connectivity index is 2.63. The van der Waals surface area contributed by atoms with E-state index in [0.29, 0.717) is 0 Å². The molecule has 0 spiro atoms. The zero-order valence-corrected chi connectivity index (χ0v) is 5.59. The Morgan fingerprint density at radius 1 is 1.36 bits per heavy atom. The van der Waals surface area contributed by atoms with Gasteiger partial charge in [0.05, 0.1) is 0 Å². The van der Waals surface area contributed by atoms with Crippen LogP contribution in [0.4, 0.5) is 0 Å². The fourth-order valence-electron chi connectivity index (χ4n) is 0.748. The molecule has 0 atom stereocenters. The van der Waals surface area contributed by atoms with Gasteiger partial charge in [0.2, 0.25) is 11.8 Å². The topological polar surface area (TPSA) is 101 Å². The van der Waals surface area contributed by atoms with Gasteiger partial charge in [-0.05, 0) is 0 Å². The lowest BCUT2D eigenvalue weighted by Crippen LogP contribution is -2.60. The van der Waals surface area contributed by atoms with Crippen LogP contribution in [0.3, 0.4) is 0 Å². The van der Waals surface area contributed by atoms with Gasteiger partial charge in [0.25, 0.3) is 5.91 Å². The van der Waals surface area contributed by atoms with Gasteiger partial charge in [-0.1, -0.05) is 0 Å². The van der Waals surface area contributed by atoms with Crippen molar-refractivity contribution in [2.75, 3.05) is 0 Å². The number of amides is 3. The molecule has 0 aromatic heterocycles. The van der Waals surface area contributed by atoms with Crippen LogP contribution in [0, 0.1) is 0 Å². The average Bonchev–Trinajstić information content (AvgIpc) is 1.85. The third-order valence-electron chi connectivity index (χ3n) is 1.22. The number of carbonyl (C=O) groups is 3. The maximum atomic E-state index is 10.6. The number of hydrogen-bond acceptors (Lipinski definition) is 3. The highest BCUT2D eigenvalue weighted by Crippen LogP contribution is 1.91. The van der Waals surface area contributed by atoms with Crippen molar-refractivity contribution in [2.24, 2.45) is 5.73 Å². The molecule has 0 bridgehead atoms. The number of nitrogens with one attached hydrogen (secondary N) is 2. The molecule has 11 heavy (non-hydrogen) atoms. The third-order valence-corrected chi connectivity index (χ3v) is 1.22. The number of carbonyl (C=O) groups excluding carboxylic acids is 3. The Kier molecular flexibility index (Phi) is 1.75. The van der Waals surface area contributed by atoms with E-state index in [9.17, 15) is 14.4 Å². The molecule has 1 fully saturated rings. The van der Waals surface area contributed by atoms with Gasteiger partial charge >= 0.3 is 0 Å². The average molecular weight is 157 g/mol. The number of primary amides is 1. The Hall–Kier alpha value is -1.59. The van der Waals surface area contributed by atoms with Crippen LogP contribution in [-0.4, -0.2) is 23.9 Å². The van der Waals surface area contributed by atoms with Crippen LogP contribution in [-0.2, 0) is 14.4 Å². The van der Waals surface area contributed by atoms with Gasteiger partial charge < -0.3 is 16.4 Å². The van der Waals surface area contributed by atoms with Crippen LogP contribution in [0.5, 0.6) is 0 Å². The molecule has 1 saturated heterocycles. The molecule has 1 rings (SSSR count). The van der Waals surface area contributed by atoms with Gasteiger partial charge in [0.15, 0.2) is 6.17 Å². The summed E-state index contributed by atoms with van der Waals surface area (Å²) in [5, 5.41) is 4.40. The summed E-state index contributed by atoms with van der Waals surface area (Å²) < 4.78 is 0. The van der Waals surface area contributed by atoms with E-state index in [0.717, 1.165) is 0 Å². The summed E-state index contributed by atoms with van der Waals surface area (Å²) in [6, 6.07) is 0. The molecule has 6 heteroatoms. The largest absolute Gasteiger partial charge is 0.366 e. The Morgan fingerprint density at radius 3 is 2.18 bits per heavy atom. The smallest absolute Gasteiger partial charge is 0.260 e. The van der Waals surface area contributed by atoms with Crippen molar-refractivity contribution in [1.82, 2.24) is 10.6 Å². The van der Waals surface area contributed by atoms with Crippen LogP contribution < -0.4 is 16.4 Å². The van der Waals surface area contributed by atoms with Gasteiger partial charge in [0.1, 0.15) is 6.42 Å². The summed E-state index contributed by atoms with van der Waals surface area (Å²) in [6.45, 7) is 0. The molecule has 1 heterocycles. The number of hydrogen-bond donors (Lipinski definition) is 3. The maximum absolute atomic E-state index is 10.6. The number of nitrogens with two attached hydrogens (primary N) is 1. The van der Waals surface area contributed by atoms with Crippen molar-refractivity contribution in [3.63, 3.8) is 0 Å². The van der Waals surface area contributed by atoms with Gasteiger partial charge in [-0.2, -0.15) is 0 Å². The monoisotopic (exact) mass is 157 g/mol. The van der Waals surface area contributed by atoms with E-state index in [-0.39, 0.29) is 6.42 Å². The Bertz CT molecular complexity index is 209. The van der Waals surface area contributed by atoms with Gasteiger partial charge in [-0.15, -0.1) is 0 Å². The lowest BCUT2D eigenvalue weighted by molar-refractivity contribution is -0.138. The van der Waals surface area contributed by atoms with E-state index >= 15 is 0 Å². The van der Waals surface area contributed by atoms with Crippen LogP contribution in [0.1, 0.15) is 6.42 Å². The van der Waals surface area contributed by atoms with Crippen LogP contribution in [0.25, 0.3) is 0 Å². The Labute approximate surface area is 62.1 Å². The van der Waals surface area contributed by atoms with Crippen molar-refractivity contribution >= 4 is 17.7 Å². The summed E-state index contributed by atoms with van der Waals surface area (Å²) in [4.78, 5) is 31.7. The second-order valence-electron chi connectivity index (χ2n) is 2.15. The molecule has 0 aliphatic carbocycles. The minimum Gasteiger partial charge on any atom is -0.366 e. The van der Waals surface area contributed by atoms with Crippen LogP contribution >= 0.6 is 0 Å². The summed E-state index contributed by atoms with van der Waals surface area (Å²) in [5.74, 6) is -1.75. The first kappa shape index (κ1) is 7.52. The molecule has 3 amide bonds. The fourth-order valence-corrected chi connectivity index (χ4v) is 0.748. The minimum atomic E-state index is -1.05.